The number of nitrogens with zero attached hydrogens (tertiary/aromatic N) is 7. The molecule has 0 bridgehead atoms. The Bertz CT molecular complexity index is 1590. The summed E-state index contributed by atoms with van der Waals surface area (Å²) in [5, 5.41) is 23.1. The minimum absolute atomic E-state index is 0.00380. The Morgan fingerprint density at radius 2 is 1.79 bits per heavy atom. The molecule has 10 nitrogen and oxygen atoms in total. The quantitative estimate of drug-likeness (QED) is 0.231. The first-order valence-electron chi connectivity index (χ1n) is 10.7. The van der Waals surface area contributed by atoms with E-state index < -0.39 is 42.6 Å². The van der Waals surface area contributed by atoms with Crippen LogP contribution < -0.4 is 0 Å². The molecule has 0 aliphatic rings. The van der Waals surface area contributed by atoms with Crippen molar-refractivity contribution in [3.63, 3.8) is 0 Å². The summed E-state index contributed by atoms with van der Waals surface area (Å²) in [5.41, 5.74) is 0.221. The highest BCUT2D eigenvalue weighted by molar-refractivity contribution is 6.32. The number of alkyl halides is 5. The molecule has 0 atom stereocenters. The lowest BCUT2D eigenvalue weighted by Gasteiger charge is -2.14. The predicted molar refractivity (Wildman–Crippen MR) is 124 cm³/mol. The first kappa shape index (κ1) is 28.0. The van der Waals surface area contributed by atoms with Crippen LogP contribution in [0.4, 0.5) is 22.0 Å². The molecule has 39 heavy (non-hydrogen) atoms. The highest BCUT2D eigenvalue weighted by Crippen LogP contribution is 2.41. The standard InChI is InChI=1S/C22H14Cl2F5N7O3/c1-10-5-11(23)6-14(19(38)39)13(10)8-17(37)16-7-12(32-36(16)18-15(24)3-2-4-30-18)9-35-33-20(31-34-35)21(25,26)22(27,28)29/h2-7H,8-9H2,1H3,(H,38,39). The van der Waals surface area contributed by atoms with Crippen LogP contribution in [0.15, 0.2) is 36.5 Å². The van der Waals surface area contributed by atoms with Gasteiger partial charge in [0, 0.05) is 17.6 Å². The predicted octanol–water partition coefficient (Wildman–Crippen LogP) is 4.70. The normalized spacial score (nSPS) is 12.1. The maximum Gasteiger partial charge on any atom is 0.461 e. The summed E-state index contributed by atoms with van der Waals surface area (Å²) in [4.78, 5) is 29.7. The van der Waals surface area contributed by atoms with Crippen LogP contribution in [-0.2, 0) is 18.9 Å². The molecule has 0 saturated heterocycles. The summed E-state index contributed by atoms with van der Waals surface area (Å²) < 4.78 is 66.1. The van der Waals surface area contributed by atoms with Crippen LogP contribution in [0, 0.1) is 6.92 Å². The molecule has 0 radical (unpaired) electrons. The maximum atomic E-state index is 13.6. The number of carbonyl (C=O) groups is 2. The van der Waals surface area contributed by atoms with E-state index in [1.54, 1.807) is 6.92 Å². The zero-order valence-corrected chi connectivity index (χ0v) is 20.9. The summed E-state index contributed by atoms with van der Waals surface area (Å²) in [6.07, 6.45) is -5.00. The van der Waals surface area contributed by atoms with Gasteiger partial charge in [0.15, 0.2) is 11.6 Å². The lowest BCUT2D eigenvalue weighted by molar-refractivity contribution is -0.292. The van der Waals surface area contributed by atoms with Crippen LogP contribution in [0.3, 0.4) is 0 Å². The first-order chi connectivity index (χ1) is 18.2. The molecule has 0 aliphatic heterocycles. The second-order valence-electron chi connectivity index (χ2n) is 8.11. The number of aryl methyl sites for hydroxylation is 1. The molecule has 0 unspecified atom stereocenters. The van der Waals surface area contributed by atoms with Crippen molar-refractivity contribution in [1.29, 1.82) is 0 Å². The monoisotopic (exact) mass is 589 g/mol. The number of hydrogen-bond acceptors (Lipinski definition) is 7. The summed E-state index contributed by atoms with van der Waals surface area (Å²) in [6, 6.07) is 6.84. The fourth-order valence-corrected chi connectivity index (χ4v) is 4.03. The lowest BCUT2D eigenvalue weighted by atomic mass is 9.96. The molecule has 0 fully saturated rings. The molecule has 204 valence electrons. The highest BCUT2D eigenvalue weighted by atomic mass is 35.5. The van der Waals surface area contributed by atoms with E-state index >= 15 is 0 Å². The minimum Gasteiger partial charge on any atom is -0.478 e. The minimum atomic E-state index is -5.94. The van der Waals surface area contributed by atoms with Crippen LogP contribution in [-0.4, -0.2) is 58.0 Å². The Hall–Kier alpha value is -3.98. The summed E-state index contributed by atoms with van der Waals surface area (Å²) in [5.74, 6) is -9.16. The molecule has 3 aromatic heterocycles. The number of carboxylic acid groups (broad SMARTS) is 1. The van der Waals surface area contributed by atoms with Gasteiger partial charge in [0.1, 0.15) is 12.2 Å². The van der Waals surface area contributed by atoms with Gasteiger partial charge in [0.25, 0.3) is 5.82 Å². The molecule has 0 saturated carbocycles. The van der Waals surface area contributed by atoms with Crippen molar-refractivity contribution < 1.29 is 36.6 Å². The molecular weight excluding hydrogens is 576 g/mol. The number of aromatic carboxylic acids is 1. The number of tetrazole rings is 1. The average molecular weight is 590 g/mol. The van der Waals surface area contributed by atoms with Crippen LogP contribution in [0.5, 0.6) is 0 Å². The van der Waals surface area contributed by atoms with Gasteiger partial charge in [-0.1, -0.05) is 23.2 Å². The van der Waals surface area contributed by atoms with Gasteiger partial charge >= 0.3 is 18.1 Å². The number of carboxylic acids is 1. The Kier molecular flexibility index (Phi) is 7.40. The van der Waals surface area contributed by atoms with E-state index in [1.807, 2.05) is 0 Å². The third kappa shape index (κ3) is 5.59. The maximum absolute atomic E-state index is 13.6. The molecule has 1 aromatic carbocycles. The van der Waals surface area contributed by atoms with Crippen molar-refractivity contribution in [2.45, 2.75) is 32.0 Å². The van der Waals surface area contributed by atoms with E-state index in [4.69, 9.17) is 23.2 Å². The van der Waals surface area contributed by atoms with Crippen molar-refractivity contribution in [2.24, 2.45) is 0 Å². The summed E-state index contributed by atoms with van der Waals surface area (Å²) in [6.45, 7) is 1.02. The average Bonchev–Trinajstić information content (AvgIpc) is 3.48. The van der Waals surface area contributed by atoms with E-state index in [-0.39, 0.29) is 38.4 Å². The van der Waals surface area contributed by atoms with E-state index in [2.05, 4.69) is 25.5 Å². The third-order valence-electron chi connectivity index (χ3n) is 5.38. The fraction of sp³-hybridized carbons (Fsp3) is 0.227. The molecule has 0 aliphatic carbocycles. The van der Waals surface area contributed by atoms with E-state index in [0.717, 1.165) is 4.68 Å². The Morgan fingerprint density at radius 1 is 1.08 bits per heavy atom. The largest absolute Gasteiger partial charge is 0.478 e. The molecule has 0 spiro atoms. The van der Waals surface area contributed by atoms with Crippen molar-refractivity contribution in [3.05, 3.63) is 80.5 Å². The first-order valence-corrected chi connectivity index (χ1v) is 11.4. The number of halogens is 7. The number of benzene rings is 1. The fourth-order valence-electron chi connectivity index (χ4n) is 3.56. The Balaban J connectivity index is 1.74. The van der Waals surface area contributed by atoms with Gasteiger partial charge in [0.05, 0.1) is 16.3 Å². The summed E-state index contributed by atoms with van der Waals surface area (Å²) >= 11 is 12.2. The molecule has 0 amide bonds. The van der Waals surface area contributed by atoms with Gasteiger partial charge in [0.2, 0.25) is 0 Å². The van der Waals surface area contributed by atoms with Crippen molar-refractivity contribution in [2.75, 3.05) is 0 Å². The number of hydrogen-bond donors (Lipinski definition) is 1. The Labute approximate surface area is 225 Å². The van der Waals surface area contributed by atoms with Crippen molar-refractivity contribution in [3.8, 4) is 5.82 Å². The smallest absolute Gasteiger partial charge is 0.461 e. The molecule has 17 heteroatoms. The van der Waals surface area contributed by atoms with E-state index in [1.165, 1.54) is 36.5 Å². The molecule has 4 rings (SSSR count). The van der Waals surface area contributed by atoms with Gasteiger partial charge in [-0.15, -0.1) is 10.2 Å². The zero-order chi connectivity index (χ0) is 28.7. The van der Waals surface area contributed by atoms with Crippen molar-refractivity contribution in [1.82, 2.24) is 35.0 Å². The number of pyridine rings is 1. The summed E-state index contributed by atoms with van der Waals surface area (Å²) in [7, 11) is 0. The molecular formula is C22H14Cl2F5N7O3. The number of rotatable bonds is 8. The number of carbonyl (C=O) groups excluding carboxylic acids is 1. The highest BCUT2D eigenvalue weighted by Gasteiger charge is 2.62. The van der Waals surface area contributed by atoms with Gasteiger partial charge < -0.3 is 5.11 Å². The van der Waals surface area contributed by atoms with Gasteiger partial charge in [-0.05, 0) is 53.6 Å². The van der Waals surface area contributed by atoms with E-state index in [0.29, 0.717) is 10.4 Å². The number of ketones is 1. The van der Waals surface area contributed by atoms with Crippen LogP contribution in [0.2, 0.25) is 10.0 Å². The second-order valence-corrected chi connectivity index (χ2v) is 8.95. The van der Waals surface area contributed by atoms with Crippen LogP contribution >= 0.6 is 23.2 Å². The molecule has 3 heterocycles. The van der Waals surface area contributed by atoms with Crippen molar-refractivity contribution >= 4 is 35.0 Å². The second kappa shape index (κ2) is 10.3. The third-order valence-corrected chi connectivity index (χ3v) is 5.90. The van der Waals surface area contributed by atoms with Gasteiger partial charge in [-0.2, -0.15) is 31.8 Å². The van der Waals surface area contributed by atoms with Crippen LogP contribution in [0.25, 0.3) is 5.82 Å². The Morgan fingerprint density at radius 3 is 2.44 bits per heavy atom. The topological polar surface area (TPSA) is 129 Å². The zero-order valence-electron chi connectivity index (χ0n) is 19.4. The van der Waals surface area contributed by atoms with Crippen LogP contribution in [0.1, 0.15) is 43.5 Å². The molecule has 4 aromatic rings. The van der Waals surface area contributed by atoms with Gasteiger partial charge in [-0.25, -0.2) is 14.5 Å². The lowest BCUT2D eigenvalue weighted by Crippen LogP contribution is -2.35. The SMILES string of the molecule is Cc1cc(Cl)cc(C(=O)O)c1CC(=O)c1cc(Cn2nnc(C(F)(F)C(F)(F)F)n2)nn1-c1ncccc1Cl. The number of Topliss-reactive ketones (excluding diaryl/α,β-unsaturated/α-hetero) is 1. The number of aromatic nitrogens is 7. The van der Waals surface area contributed by atoms with Gasteiger partial charge in [-0.3, -0.25) is 4.79 Å². The molecule has 1 N–H and O–H groups in total. The van der Waals surface area contributed by atoms with E-state index in [9.17, 15) is 36.6 Å².